The van der Waals surface area contributed by atoms with Crippen LogP contribution in [0.25, 0.3) is 0 Å². The highest BCUT2D eigenvalue weighted by atomic mass is 32.2. The van der Waals surface area contributed by atoms with Crippen LogP contribution in [0.2, 0.25) is 0 Å². The molecule has 0 saturated carbocycles. The molecule has 2 unspecified atom stereocenters. The summed E-state index contributed by atoms with van der Waals surface area (Å²) in [5, 5.41) is 8.82. The number of thioether (sulfide) groups is 1. The molecule has 1 amide bonds. The molecule has 1 aromatic heterocycles. The first kappa shape index (κ1) is 21.0. The minimum absolute atomic E-state index is 0.166. The van der Waals surface area contributed by atoms with Crippen molar-refractivity contribution in [3.05, 3.63) is 34.5 Å². The lowest BCUT2D eigenvalue weighted by molar-refractivity contribution is -0.117. The van der Waals surface area contributed by atoms with Crippen LogP contribution in [-0.2, 0) is 9.59 Å². The van der Waals surface area contributed by atoms with Crippen LogP contribution >= 0.6 is 11.8 Å². The lowest BCUT2D eigenvalue weighted by Crippen LogP contribution is -2.34. The van der Waals surface area contributed by atoms with E-state index in [2.05, 4.69) is 20.9 Å². The number of carbonyl (C=O) groups is 3. The summed E-state index contributed by atoms with van der Waals surface area (Å²) >= 11 is 1.26. The summed E-state index contributed by atoms with van der Waals surface area (Å²) in [6, 6.07) is 3.45. The Morgan fingerprint density at radius 2 is 2.19 bits per heavy atom. The van der Waals surface area contributed by atoms with Gasteiger partial charge in [0.2, 0.25) is 6.41 Å². The minimum atomic E-state index is -0.691. The molecule has 27 heavy (non-hydrogen) atoms. The predicted octanol–water partition coefficient (Wildman–Crippen LogP) is 2.67. The predicted molar refractivity (Wildman–Crippen MR) is 107 cm³/mol. The number of nitrogens with one attached hydrogen (secondary N) is 3. The molecular formula is C19H26N4O3S. The summed E-state index contributed by atoms with van der Waals surface area (Å²) in [6.45, 7) is 6.72. The smallest absolute Gasteiger partial charge is 0.209 e. The second kappa shape index (κ2) is 10.1. The zero-order chi connectivity index (χ0) is 19.8. The van der Waals surface area contributed by atoms with Gasteiger partial charge in [-0.15, -0.1) is 0 Å². The SMILES string of the molecule is CC.CCNc1ccc(C(=O)C2CCCC3=C(SC(NC=O)N3)C2=O)cn1. The summed E-state index contributed by atoms with van der Waals surface area (Å²) in [5.41, 5.74) is 0.925. The number of pyridine rings is 1. The minimum Gasteiger partial charge on any atom is -0.370 e. The van der Waals surface area contributed by atoms with E-state index in [1.54, 1.807) is 12.1 Å². The quantitative estimate of drug-likeness (QED) is 0.390. The molecule has 1 aromatic rings. The molecule has 3 rings (SSSR count). The van der Waals surface area contributed by atoms with Crippen molar-refractivity contribution in [3.63, 3.8) is 0 Å². The molecule has 7 nitrogen and oxygen atoms in total. The Morgan fingerprint density at radius 1 is 1.41 bits per heavy atom. The Kier molecular flexibility index (Phi) is 7.84. The van der Waals surface area contributed by atoms with Gasteiger partial charge >= 0.3 is 0 Å². The van der Waals surface area contributed by atoms with Gasteiger partial charge in [-0.3, -0.25) is 14.4 Å². The number of ketones is 2. The van der Waals surface area contributed by atoms with Crippen molar-refractivity contribution in [3.8, 4) is 0 Å². The maximum Gasteiger partial charge on any atom is 0.209 e. The van der Waals surface area contributed by atoms with E-state index in [4.69, 9.17) is 0 Å². The normalized spacial score (nSPS) is 21.2. The Hall–Kier alpha value is -2.35. The van der Waals surface area contributed by atoms with Gasteiger partial charge in [-0.25, -0.2) is 4.98 Å². The first-order valence-corrected chi connectivity index (χ1v) is 10.2. The van der Waals surface area contributed by atoms with Crippen LogP contribution < -0.4 is 16.0 Å². The number of allylic oxidation sites excluding steroid dienone is 2. The van der Waals surface area contributed by atoms with Crippen molar-refractivity contribution >= 4 is 35.6 Å². The van der Waals surface area contributed by atoms with Crippen molar-refractivity contribution in [2.45, 2.75) is 45.5 Å². The Bertz CT molecular complexity index is 718. The molecule has 3 N–H and O–H groups in total. The summed E-state index contributed by atoms with van der Waals surface area (Å²) < 4.78 is 0. The van der Waals surface area contributed by atoms with Crippen molar-refractivity contribution in [2.75, 3.05) is 11.9 Å². The van der Waals surface area contributed by atoms with Crippen LogP contribution in [0.3, 0.4) is 0 Å². The Balaban J connectivity index is 0.00000126. The first-order chi connectivity index (χ1) is 13.1. The maximum atomic E-state index is 12.9. The number of hydrogen-bond donors (Lipinski definition) is 3. The van der Waals surface area contributed by atoms with E-state index in [0.29, 0.717) is 35.5 Å². The van der Waals surface area contributed by atoms with Gasteiger partial charge < -0.3 is 16.0 Å². The van der Waals surface area contributed by atoms with Gasteiger partial charge in [0.05, 0.1) is 10.8 Å². The monoisotopic (exact) mass is 390 g/mol. The van der Waals surface area contributed by atoms with Crippen LogP contribution in [0.4, 0.5) is 5.82 Å². The van der Waals surface area contributed by atoms with E-state index in [9.17, 15) is 14.4 Å². The van der Waals surface area contributed by atoms with Crippen LogP contribution in [-0.4, -0.2) is 35.0 Å². The summed E-state index contributed by atoms with van der Waals surface area (Å²) in [6.07, 6.45) is 4.08. The fraction of sp³-hybridized carbons (Fsp3) is 0.474. The van der Waals surface area contributed by atoms with Gasteiger partial charge in [0, 0.05) is 24.0 Å². The molecule has 2 heterocycles. The fourth-order valence-electron chi connectivity index (χ4n) is 3.02. The zero-order valence-corrected chi connectivity index (χ0v) is 16.7. The molecule has 1 aliphatic heterocycles. The topological polar surface area (TPSA) is 100 Å². The number of anilines is 1. The highest BCUT2D eigenvalue weighted by Crippen LogP contribution is 2.38. The standard InChI is InChI=1S/C17H20N4O3S.C2H6/c1-2-18-13-7-6-10(8-19-13)14(23)11-4-3-5-12-16(15(11)24)25-17(21-12)20-9-22;1-2/h6-9,11,17,21H,2-5H2,1H3,(H,18,19)(H,20,22);1-2H3. The number of Topliss-reactive ketones (excluding diaryl/α,β-unsaturated/α-hetero) is 2. The molecule has 146 valence electrons. The van der Waals surface area contributed by atoms with Gasteiger partial charge in [-0.05, 0) is 38.3 Å². The fourth-order valence-corrected chi connectivity index (χ4v) is 4.14. The Morgan fingerprint density at radius 3 is 2.81 bits per heavy atom. The van der Waals surface area contributed by atoms with Gasteiger partial charge in [-0.1, -0.05) is 25.6 Å². The summed E-state index contributed by atoms with van der Waals surface area (Å²) in [5.74, 6) is -0.346. The lowest BCUT2D eigenvalue weighted by atomic mass is 9.91. The average molecular weight is 391 g/mol. The number of nitrogens with zero attached hydrogens (tertiary/aromatic N) is 1. The molecule has 0 radical (unpaired) electrons. The molecule has 8 heteroatoms. The Labute approximate surface area is 163 Å². The van der Waals surface area contributed by atoms with E-state index in [-0.39, 0.29) is 17.1 Å². The van der Waals surface area contributed by atoms with Gasteiger partial charge in [0.1, 0.15) is 5.82 Å². The van der Waals surface area contributed by atoms with Gasteiger partial charge in [-0.2, -0.15) is 0 Å². The van der Waals surface area contributed by atoms with Crippen molar-refractivity contribution in [1.29, 1.82) is 0 Å². The largest absolute Gasteiger partial charge is 0.370 e. The highest BCUT2D eigenvalue weighted by Gasteiger charge is 2.38. The van der Waals surface area contributed by atoms with E-state index in [1.165, 1.54) is 18.0 Å². The van der Waals surface area contributed by atoms with Gasteiger partial charge in [0.15, 0.2) is 17.1 Å². The number of hydrogen-bond acceptors (Lipinski definition) is 7. The third-order valence-corrected chi connectivity index (χ3v) is 5.39. The molecule has 2 aliphatic rings. The molecule has 0 spiro atoms. The second-order valence-corrected chi connectivity index (χ2v) is 6.99. The summed E-state index contributed by atoms with van der Waals surface area (Å²) in [4.78, 5) is 41.1. The van der Waals surface area contributed by atoms with Gasteiger partial charge in [0.25, 0.3) is 0 Å². The molecule has 1 aliphatic carbocycles. The third kappa shape index (κ3) is 4.88. The second-order valence-electron chi connectivity index (χ2n) is 5.87. The van der Waals surface area contributed by atoms with Crippen molar-refractivity contribution in [2.24, 2.45) is 5.92 Å². The molecule has 0 saturated heterocycles. The number of aromatic nitrogens is 1. The number of amides is 1. The van der Waals surface area contributed by atoms with Crippen LogP contribution in [0.1, 0.15) is 50.4 Å². The molecule has 0 aromatic carbocycles. The number of carbonyl (C=O) groups excluding carboxylic acids is 3. The van der Waals surface area contributed by atoms with Crippen LogP contribution in [0, 0.1) is 5.92 Å². The third-order valence-electron chi connectivity index (χ3n) is 4.22. The van der Waals surface area contributed by atoms with E-state index in [1.807, 2.05) is 20.8 Å². The maximum absolute atomic E-state index is 12.9. The zero-order valence-electron chi connectivity index (χ0n) is 15.9. The van der Waals surface area contributed by atoms with E-state index in [0.717, 1.165) is 18.7 Å². The van der Waals surface area contributed by atoms with E-state index >= 15 is 0 Å². The van der Waals surface area contributed by atoms with Crippen LogP contribution in [0.5, 0.6) is 0 Å². The van der Waals surface area contributed by atoms with Crippen molar-refractivity contribution < 1.29 is 14.4 Å². The molecule has 2 atom stereocenters. The lowest BCUT2D eigenvalue weighted by Gasteiger charge is -2.15. The van der Waals surface area contributed by atoms with Crippen molar-refractivity contribution in [1.82, 2.24) is 15.6 Å². The number of rotatable bonds is 6. The highest BCUT2D eigenvalue weighted by molar-refractivity contribution is 8.04. The molecule has 0 fully saturated rings. The van der Waals surface area contributed by atoms with E-state index < -0.39 is 5.92 Å². The molecular weight excluding hydrogens is 364 g/mol. The average Bonchev–Trinajstić information content (AvgIpc) is 3.03. The van der Waals surface area contributed by atoms with Crippen LogP contribution in [0.15, 0.2) is 28.9 Å². The molecule has 0 bridgehead atoms. The first-order valence-electron chi connectivity index (χ1n) is 9.28. The summed E-state index contributed by atoms with van der Waals surface area (Å²) in [7, 11) is 0.